The summed E-state index contributed by atoms with van der Waals surface area (Å²) in [4.78, 5) is 0. The summed E-state index contributed by atoms with van der Waals surface area (Å²) < 4.78 is 7.22. The lowest BCUT2D eigenvalue weighted by molar-refractivity contribution is 0.0325. The van der Waals surface area contributed by atoms with Crippen LogP contribution in [0.5, 0.6) is 5.75 Å². The zero-order chi connectivity index (χ0) is 15.5. The second-order valence-electron chi connectivity index (χ2n) is 5.03. The van der Waals surface area contributed by atoms with Gasteiger partial charge in [0.2, 0.25) is 0 Å². The lowest BCUT2D eigenvalue weighted by Crippen LogP contribution is -2.27. The third-order valence-corrected chi connectivity index (χ3v) is 4.95. The van der Waals surface area contributed by atoms with Gasteiger partial charge in [-0.2, -0.15) is 0 Å². The zero-order valence-corrected chi connectivity index (χ0v) is 15.2. The van der Waals surface area contributed by atoms with Crippen LogP contribution in [-0.2, 0) is 12.0 Å². The summed E-state index contributed by atoms with van der Waals surface area (Å²) in [6.07, 6.45) is 1.16. The lowest BCUT2D eigenvalue weighted by Gasteiger charge is -2.28. The van der Waals surface area contributed by atoms with Gasteiger partial charge < -0.3 is 9.84 Å². The first-order chi connectivity index (χ1) is 9.98. The summed E-state index contributed by atoms with van der Waals surface area (Å²) in [7, 11) is 1.65. The molecule has 21 heavy (non-hydrogen) atoms. The van der Waals surface area contributed by atoms with Crippen LogP contribution in [0.2, 0.25) is 0 Å². The normalized spacial score (nSPS) is 13.8. The zero-order valence-electron chi connectivity index (χ0n) is 12.1. The standard InChI is InChI=1S/C17H18Br2O2/c1-3-17(20,13-5-4-6-14(18)10-13)11-12-9-15(21-2)7-8-16(12)19/h4-10,20H,3,11H2,1-2H3. The van der Waals surface area contributed by atoms with E-state index in [0.29, 0.717) is 12.8 Å². The molecule has 0 aliphatic heterocycles. The number of hydrogen-bond acceptors (Lipinski definition) is 2. The van der Waals surface area contributed by atoms with E-state index in [-0.39, 0.29) is 0 Å². The molecule has 0 amide bonds. The Kier molecular flexibility index (Phi) is 5.47. The smallest absolute Gasteiger partial charge is 0.119 e. The third-order valence-electron chi connectivity index (χ3n) is 3.68. The quantitative estimate of drug-likeness (QED) is 0.742. The maximum Gasteiger partial charge on any atom is 0.119 e. The fourth-order valence-electron chi connectivity index (χ4n) is 2.34. The van der Waals surface area contributed by atoms with E-state index in [1.54, 1.807) is 7.11 Å². The van der Waals surface area contributed by atoms with E-state index in [0.717, 1.165) is 25.8 Å². The maximum absolute atomic E-state index is 11.1. The monoisotopic (exact) mass is 412 g/mol. The summed E-state index contributed by atoms with van der Waals surface area (Å²) >= 11 is 7.02. The molecule has 0 heterocycles. The van der Waals surface area contributed by atoms with Crippen molar-refractivity contribution in [1.29, 1.82) is 0 Å². The summed E-state index contributed by atoms with van der Waals surface area (Å²) in [5, 5.41) is 11.1. The van der Waals surface area contributed by atoms with Crippen molar-refractivity contribution in [2.45, 2.75) is 25.4 Å². The molecule has 0 aliphatic carbocycles. The first-order valence-electron chi connectivity index (χ1n) is 6.79. The van der Waals surface area contributed by atoms with Gasteiger partial charge in [-0.05, 0) is 47.9 Å². The van der Waals surface area contributed by atoms with Gasteiger partial charge in [0.15, 0.2) is 0 Å². The summed E-state index contributed by atoms with van der Waals surface area (Å²) in [5.41, 5.74) is 1.03. The molecule has 2 rings (SSSR count). The van der Waals surface area contributed by atoms with Crippen molar-refractivity contribution in [2.75, 3.05) is 7.11 Å². The van der Waals surface area contributed by atoms with Crippen molar-refractivity contribution in [3.63, 3.8) is 0 Å². The highest BCUT2D eigenvalue weighted by molar-refractivity contribution is 9.10. The Morgan fingerprint density at radius 2 is 1.90 bits per heavy atom. The molecular weight excluding hydrogens is 396 g/mol. The van der Waals surface area contributed by atoms with Crippen LogP contribution in [0, 0.1) is 0 Å². The van der Waals surface area contributed by atoms with Gasteiger partial charge in [0.1, 0.15) is 5.75 Å². The molecule has 0 radical (unpaired) electrons. The molecule has 4 heteroatoms. The Morgan fingerprint density at radius 1 is 1.14 bits per heavy atom. The minimum atomic E-state index is -0.904. The second-order valence-corrected chi connectivity index (χ2v) is 6.80. The average molecular weight is 414 g/mol. The van der Waals surface area contributed by atoms with Crippen LogP contribution in [-0.4, -0.2) is 12.2 Å². The van der Waals surface area contributed by atoms with Gasteiger partial charge in [-0.15, -0.1) is 0 Å². The minimum Gasteiger partial charge on any atom is -0.497 e. The van der Waals surface area contributed by atoms with E-state index in [1.807, 2.05) is 49.4 Å². The third kappa shape index (κ3) is 3.87. The largest absolute Gasteiger partial charge is 0.497 e. The van der Waals surface area contributed by atoms with Crippen molar-refractivity contribution >= 4 is 31.9 Å². The molecule has 2 nitrogen and oxygen atoms in total. The van der Waals surface area contributed by atoms with Crippen molar-refractivity contribution in [1.82, 2.24) is 0 Å². The molecule has 0 aliphatic rings. The number of aliphatic hydroxyl groups is 1. The Balaban J connectivity index is 2.38. The number of rotatable bonds is 5. The van der Waals surface area contributed by atoms with Crippen LogP contribution in [0.4, 0.5) is 0 Å². The number of ether oxygens (including phenoxy) is 1. The summed E-state index contributed by atoms with van der Waals surface area (Å²) in [6.45, 7) is 2.00. The molecule has 1 unspecified atom stereocenters. The van der Waals surface area contributed by atoms with Gasteiger partial charge in [-0.25, -0.2) is 0 Å². The molecule has 1 atom stereocenters. The first kappa shape index (κ1) is 16.5. The second kappa shape index (κ2) is 6.95. The van der Waals surface area contributed by atoms with E-state index in [1.165, 1.54) is 0 Å². The topological polar surface area (TPSA) is 29.5 Å². The number of methoxy groups -OCH3 is 1. The van der Waals surface area contributed by atoms with Gasteiger partial charge in [0.25, 0.3) is 0 Å². The van der Waals surface area contributed by atoms with E-state index < -0.39 is 5.60 Å². The van der Waals surface area contributed by atoms with Gasteiger partial charge in [0, 0.05) is 15.4 Å². The summed E-state index contributed by atoms with van der Waals surface area (Å²) in [5.74, 6) is 0.792. The molecule has 112 valence electrons. The van der Waals surface area contributed by atoms with Crippen LogP contribution >= 0.6 is 31.9 Å². The van der Waals surface area contributed by atoms with Gasteiger partial charge in [-0.1, -0.05) is 50.9 Å². The van der Waals surface area contributed by atoms with Crippen molar-refractivity contribution < 1.29 is 9.84 Å². The predicted octanol–water partition coefficient (Wildman–Crippen LogP) is 5.06. The number of halogens is 2. The molecule has 2 aromatic rings. The van der Waals surface area contributed by atoms with Gasteiger partial charge in [-0.3, -0.25) is 0 Å². The summed E-state index contributed by atoms with van der Waals surface area (Å²) in [6, 6.07) is 13.6. The molecule has 0 spiro atoms. The van der Waals surface area contributed by atoms with Crippen LogP contribution in [0.3, 0.4) is 0 Å². The van der Waals surface area contributed by atoms with Crippen molar-refractivity contribution in [3.8, 4) is 5.75 Å². The molecule has 0 aromatic heterocycles. The Hall–Kier alpha value is -0.840. The van der Waals surface area contributed by atoms with Crippen molar-refractivity contribution in [3.05, 3.63) is 62.5 Å². The molecule has 2 aromatic carbocycles. The molecule has 0 bridgehead atoms. The van der Waals surface area contributed by atoms with Gasteiger partial charge >= 0.3 is 0 Å². The van der Waals surface area contributed by atoms with E-state index in [2.05, 4.69) is 31.9 Å². The molecule has 0 saturated carbocycles. The Bertz CT molecular complexity index is 628. The minimum absolute atomic E-state index is 0.526. The SMILES string of the molecule is CCC(O)(Cc1cc(OC)ccc1Br)c1cccc(Br)c1. The van der Waals surface area contributed by atoms with Crippen LogP contribution < -0.4 is 4.74 Å². The van der Waals surface area contributed by atoms with Crippen molar-refractivity contribution in [2.24, 2.45) is 0 Å². The molecular formula is C17H18Br2O2. The maximum atomic E-state index is 11.1. The van der Waals surface area contributed by atoms with Crippen LogP contribution in [0.15, 0.2) is 51.4 Å². The lowest BCUT2D eigenvalue weighted by atomic mass is 9.85. The highest BCUT2D eigenvalue weighted by Gasteiger charge is 2.28. The first-order valence-corrected chi connectivity index (χ1v) is 8.38. The molecule has 1 N–H and O–H groups in total. The Morgan fingerprint density at radius 3 is 2.52 bits per heavy atom. The average Bonchev–Trinajstić information content (AvgIpc) is 2.49. The Labute approximate surface area is 142 Å². The van der Waals surface area contributed by atoms with Crippen LogP contribution in [0.25, 0.3) is 0 Å². The fraction of sp³-hybridized carbons (Fsp3) is 0.294. The van der Waals surface area contributed by atoms with E-state index in [9.17, 15) is 5.11 Å². The predicted molar refractivity (Wildman–Crippen MR) is 92.7 cm³/mol. The molecule has 0 saturated heterocycles. The van der Waals surface area contributed by atoms with Gasteiger partial charge in [0.05, 0.1) is 12.7 Å². The fourth-order valence-corrected chi connectivity index (χ4v) is 3.12. The van der Waals surface area contributed by atoms with E-state index in [4.69, 9.17) is 4.74 Å². The highest BCUT2D eigenvalue weighted by atomic mass is 79.9. The van der Waals surface area contributed by atoms with E-state index >= 15 is 0 Å². The number of benzene rings is 2. The molecule has 0 fully saturated rings. The van der Waals surface area contributed by atoms with Crippen LogP contribution in [0.1, 0.15) is 24.5 Å². The highest BCUT2D eigenvalue weighted by Crippen LogP contribution is 2.34. The number of hydrogen-bond donors (Lipinski definition) is 1.